The van der Waals surface area contributed by atoms with Crippen molar-refractivity contribution in [3.63, 3.8) is 0 Å². The Kier molecular flexibility index (Phi) is 5.35. The molecule has 0 aliphatic carbocycles. The number of Topliss-reactive ketones (excluding diaryl/α,β-unsaturated/α-hetero) is 1. The summed E-state index contributed by atoms with van der Waals surface area (Å²) in [6.45, 7) is 1.00. The molecule has 6 nitrogen and oxygen atoms in total. The fourth-order valence-corrected chi connectivity index (χ4v) is 2.46. The fourth-order valence-electron chi connectivity index (χ4n) is 2.27. The van der Waals surface area contributed by atoms with E-state index in [1.807, 2.05) is 0 Å². The van der Waals surface area contributed by atoms with Crippen LogP contribution < -0.4 is 4.74 Å². The summed E-state index contributed by atoms with van der Waals surface area (Å²) in [5.74, 6) is -2.20. The van der Waals surface area contributed by atoms with Crippen molar-refractivity contribution in [1.29, 1.82) is 10.7 Å². The Balaban J connectivity index is 1.94. The van der Waals surface area contributed by atoms with E-state index in [1.165, 1.54) is 6.92 Å². The smallest absolute Gasteiger partial charge is 0.313 e. The highest BCUT2D eigenvalue weighted by atomic mass is 35.5. The molecule has 0 saturated heterocycles. The molecule has 0 saturated carbocycles. The van der Waals surface area contributed by atoms with E-state index in [0.717, 1.165) is 5.56 Å². The molecule has 0 spiro atoms. The van der Waals surface area contributed by atoms with E-state index in [0.29, 0.717) is 17.2 Å². The van der Waals surface area contributed by atoms with E-state index < -0.39 is 30.2 Å². The van der Waals surface area contributed by atoms with Crippen molar-refractivity contribution in [2.45, 2.75) is 13.3 Å². The van der Waals surface area contributed by atoms with Gasteiger partial charge in [0.25, 0.3) is 0 Å². The second-order valence-corrected chi connectivity index (χ2v) is 5.72. The molecule has 0 aromatic heterocycles. The Morgan fingerprint density at radius 2 is 2.30 bits per heavy atom. The molecule has 0 bridgehead atoms. The van der Waals surface area contributed by atoms with Gasteiger partial charge in [-0.15, -0.1) is 0 Å². The van der Waals surface area contributed by atoms with Crippen molar-refractivity contribution in [3.8, 4) is 11.8 Å². The van der Waals surface area contributed by atoms with Crippen LogP contribution in [0.4, 0.5) is 0 Å². The van der Waals surface area contributed by atoms with E-state index in [4.69, 9.17) is 31.7 Å². The van der Waals surface area contributed by atoms with Gasteiger partial charge in [-0.2, -0.15) is 5.26 Å². The normalized spacial score (nSPS) is 17.2. The number of esters is 1. The summed E-state index contributed by atoms with van der Waals surface area (Å²) < 4.78 is 10.5. The predicted molar refractivity (Wildman–Crippen MR) is 82.6 cm³/mol. The van der Waals surface area contributed by atoms with Crippen LogP contribution in [0.3, 0.4) is 0 Å². The maximum absolute atomic E-state index is 12.1. The predicted octanol–water partition coefficient (Wildman–Crippen LogP) is 2.18. The van der Waals surface area contributed by atoms with Crippen LogP contribution in [0.2, 0.25) is 5.02 Å². The summed E-state index contributed by atoms with van der Waals surface area (Å²) in [5, 5.41) is 16.7. The number of hydrogen-bond acceptors (Lipinski definition) is 6. The summed E-state index contributed by atoms with van der Waals surface area (Å²) >= 11 is 5.92. The highest BCUT2D eigenvalue weighted by Gasteiger charge is 2.29. The summed E-state index contributed by atoms with van der Waals surface area (Å²) in [5.41, 5.74) is 0.736. The number of nitriles is 1. The molecule has 23 heavy (non-hydrogen) atoms. The van der Waals surface area contributed by atoms with Crippen molar-refractivity contribution in [2.24, 2.45) is 11.8 Å². The number of nitrogens with zero attached hydrogens (tertiary/aromatic N) is 1. The Labute approximate surface area is 138 Å². The molecule has 1 aromatic rings. The second kappa shape index (κ2) is 7.25. The van der Waals surface area contributed by atoms with Crippen LogP contribution in [0.5, 0.6) is 5.75 Å². The van der Waals surface area contributed by atoms with E-state index >= 15 is 0 Å². The Morgan fingerprint density at radius 1 is 1.57 bits per heavy atom. The molecule has 1 aliphatic rings. The molecule has 0 radical (unpaired) electrons. The second-order valence-electron chi connectivity index (χ2n) is 5.28. The number of ether oxygens (including phenoxy) is 2. The average Bonchev–Trinajstić information content (AvgIpc) is 2.52. The highest BCUT2D eigenvalue weighted by Crippen LogP contribution is 2.30. The lowest BCUT2D eigenvalue weighted by molar-refractivity contribution is -0.153. The molecule has 2 atom stereocenters. The SMILES string of the molecule is CC(=N)C(C#N)C(=O)COC(=O)[C@H]1COc2ccc(Cl)cc2C1. The first-order chi connectivity index (χ1) is 10.9. The molecule has 1 N–H and O–H groups in total. The van der Waals surface area contributed by atoms with Crippen LogP contribution in [-0.2, 0) is 20.7 Å². The van der Waals surface area contributed by atoms with Gasteiger partial charge < -0.3 is 14.9 Å². The Bertz CT molecular complexity index is 696. The number of rotatable bonds is 5. The molecule has 1 aromatic carbocycles. The van der Waals surface area contributed by atoms with E-state index in [9.17, 15) is 9.59 Å². The first-order valence-electron chi connectivity index (χ1n) is 6.97. The van der Waals surface area contributed by atoms with Crippen LogP contribution in [0.15, 0.2) is 18.2 Å². The molecule has 1 heterocycles. The number of ketones is 1. The lowest BCUT2D eigenvalue weighted by Gasteiger charge is -2.24. The van der Waals surface area contributed by atoms with Crippen LogP contribution in [-0.4, -0.2) is 30.7 Å². The fraction of sp³-hybridized carbons (Fsp3) is 0.375. The number of carbonyl (C=O) groups is 2. The Hall–Kier alpha value is -2.39. The van der Waals surface area contributed by atoms with E-state index in [2.05, 4.69) is 0 Å². The zero-order valence-corrected chi connectivity index (χ0v) is 13.2. The molecular weight excluding hydrogens is 320 g/mol. The molecule has 1 aliphatic heterocycles. The number of halogens is 1. The van der Waals surface area contributed by atoms with Gasteiger partial charge in [0.05, 0.1) is 12.0 Å². The molecule has 0 amide bonds. The minimum atomic E-state index is -1.18. The molecule has 1 unspecified atom stereocenters. The number of nitrogens with one attached hydrogen (secondary N) is 1. The Morgan fingerprint density at radius 3 is 2.96 bits per heavy atom. The standard InChI is InChI=1S/C16H15ClN2O4/c1-9(19)13(6-18)14(20)8-23-16(21)11-4-10-5-12(17)2-3-15(10)22-7-11/h2-3,5,11,13,19H,4,7-8H2,1H3/t11-,13?/m1/s1. The molecule has 120 valence electrons. The first kappa shape index (κ1) is 17.0. The number of hydrogen-bond donors (Lipinski definition) is 1. The minimum absolute atomic E-state index is 0.0712. The van der Waals surface area contributed by atoms with Gasteiger partial charge in [0.15, 0.2) is 12.4 Å². The van der Waals surface area contributed by atoms with Gasteiger partial charge in [-0.25, -0.2) is 0 Å². The third-order valence-electron chi connectivity index (χ3n) is 3.50. The highest BCUT2D eigenvalue weighted by molar-refractivity contribution is 6.30. The summed E-state index contributed by atoms with van der Waals surface area (Å²) in [7, 11) is 0. The largest absolute Gasteiger partial charge is 0.492 e. The lowest BCUT2D eigenvalue weighted by atomic mass is 9.97. The molecule has 7 heteroatoms. The molecular formula is C16H15ClN2O4. The third-order valence-corrected chi connectivity index (χ3v) is 3.74. The van der Waals surface area contributed by atoms with E-state index in [-0.39, 0.29) is 12.3 Å². The van der Waals surface area contributed by atoms with Gasteiger partial charge in [0.1, 0.15) is 18.3 Å². The monoisotopic (exact) mass is 334 g/mol. The van der Waals surface area contributed by atoms with Crippen molar-refractivity contribution in [1.82, 2.24) is 0 Å². The topological polar surface area (TPSA) is 100 Å². The van der Waals surface area contributed by atoms with Crippen molar-refractivity contribution in [3.05, 3.63) is 28.8 Å². The van der Waals surface area contributed by atoms with Gasteiger partial charge in [-0.05, 0) is 37.1 Å². The van der Waals surface area contributed by atoms with Crippen LogP contribution in [0.25, 0.3) is 0 Å². The summed E-state index contributed by atoms with van der Waals surface area (Å²) in [6, 6.07) is 6.90. The third kappa shape index (κ3) is 4.08. The van der Waals surface area contributed by atoms with Gasteiger partial charge in [-0.3, -0.25) is 9.59 Å². The van der Waals surface area contributed by atoms with Crippen molar-refractivity contribution in [2.75, 3.05) is 13.2 Å². The first-order valence-corrected chi connectivity index (χ1v) is 7.35. The average molecular weight is 335 g/mol. The summed E-state index contributed by atoms with van der Waals surface area (Å²) in [6.07, 6.45) is 0.411. The summed E-state index contributed by atoms with van der Waals surface area (Å²) in [4.78, 5) is 23.8. The van der Waals surface area contributed by atoms with E-state index in [1.54, 1.807) is 24.3 Å². The van der Waals surface area contributed by atoms with Gasteiger partial charge in [0, 0.05) is 10.7 Å². The van der Waals surface area contributed by atoms with Gasteiger partial charge in [-0.1, -0.05) is 11.6 Å². The van der Waals surface area contributed by atoms with Crippen LogP contribution in [0.1, 0.15) is 12.5 Å². The number of benzene rings is 1. The molecule has 0 fully saturated rings. The lowest BCUT2D eigenvalue weighted by Crippen LogP contribution is -2.32. The minimum Gasteiger partial charge on any atom is -0.492 e. The van der Waals surface area contributed by atoms with Gasteiger partial charge in [0.2, 0.25) is 0 Å². The van der Waals surface area contributed by atoms with Crippen molar-refractivity contribution < 1.29 is 19.1 Å². The quantitative estimate of drug-likeness (QED) is 0.657. The zero-order valence-electron chi connectivity index (χ0n) is 12.5. The maximum Gasteiger partial charge on any atom is 0.313 e. The maximum atomic E-state index is 12.1. The van der Waals surface area contributed by atoms with Crippen molar-refractivity contribution >= 4 is 29.1 Å². The number of carbonyl (C=O) groups excluding carboxylic acids is 2. The van der Waals surface area contributed by atoms with Crippen LogP contribution >= 0.6 is 11.6 Å². The zero-order chi connectivity index (χ0) is 17.0. The van der Waals surface area contributed by atoms with Crippen LogP contribution in [0, 0.1) is 28.6 Å². The molecule has 2 rings (SSSR count). The number of fused-ring (bicyclic) bond motifs is 1. The van der Waals surface area contributed by atoms with Gasteiger partial charge >= 0.3 is 5.97 Å².